The SMILES string of the molecule is CCCCNc1ccc(C(=O)O)cc1Cl. The van der Waals surface area contributed by atoms with Crippen LogP contribution in [0.1, 0.15) is 30.1 Å². The average Bonchev–Trinajstić information content (AvgIpc) is 2.20. The quantitative estimate of drug-likeness (QED) is 0.760. The normalized spacial score (nSPS) is 10.0. The van der Waals surface area contributed by atoms with E-state index in [1.807, 2.05) is 0 Å². The summed E-state index contributed by atoms with van der Waals surface area (Å²) in [7, 11) is 0. The lowest BCUT2D eigenvalue weighted by atomic mass is 10.2. The van der Waals surface area contributed by atoms with E-state index in [0.717, 1.165) is 25.1 Å². The molecule has 0 atom stereocenters. The molecule has 0 radical (unpaired) electrons. The highest BCUT2D eigenvalue weighted by atomic mass is 35.5. The molecule has 0 amide bonds. The molecule has 0 unspecified atom stereocenters. The molecule has 0 saturated carbocycles. The molecular weight excluding hydrogens is 214 g/mol. The van der Waals surface area contributed by atoms with Crippen molar-refractivity contribution in [3.8, 4) is 0 Å². The van der Waals surface area contributed by atoms with Gasteiger partial charge in [-0.15, -0.1) is 0 Å². The maximum atomic E-state index is 10.6. The highest BCUT2D eigenvalue weighted by molar-refractivity contribution is 6.33. The number of hydrogen-bond donors (Lipinski definition) is 2. The van der Waals surface area contributed by atoms with Gasteiger partial charge in [-0.1, -0.05) is 24.9 Å². The molecule has 1 rings (SSSR count). The lowest BCUT2D eigenvalue weighted by Crippen LogP contribution is -2.03. The zero-order valence-electron chi connectivity index (χ0n) is 8.59. The first-order chi connectivity index (χ1) is 7.15. The summed E-state index contributed by atoms with van der Waals surface area (Å²) in [5, 5.41) is 12.3. The van der Waals surface area contributed by atoms with Gasteiger partial charge >= 0.3 is 5.97 Å². The van der Waals surface area contributed by atoms with Crippen LogP contribution in [0.3, 0.4) is 0 Å². The van der Waals surface area contributed by atoms with Gasteiger partial charge in [-0.3, -0.25) is 0 Å². The molecular formula is C11H14ClNO2. The molecule has 4 heteroatoms. The van der Waals surface area contributed by atoms with E-state index in [4.69, 9.17) is 16.7 Å². The van der Waals surface area contributed by atoms with E-state index >= 15 is 0 Å². The molecule has 0 saturated heterocycles. The van der Waals surface area contributed by atoms with Crippen LogP contribution in [0.2, 0.25) is 5.02 Å². The minimum Gasteiger partial charge on any atom is -0.478 e. The maximum Gasteiger partial charge on any atom is 0.335 e. The molecule has 3 nitrogen and oxygen atoms in total. The maximum absolute atomic E-state index is 10.6. The van der Waals surface area contributed by atoms with Gasteiger partial charge < -0.3 is 10.4 Å². The van der Waals surface area contributed by atoms with Gasteiger partial charge in [0.1, 0.15) is 0 Å². The van der Waals surface area contributed by atoms with Gasteiger partial charge in [-0.25, -0.2) is 4.79 Å². The first kappa shape index (κ1) is 11.9. The smallest absolute Gasteiger partial charge is 0.335 e. The molecule has 0 aliphatic rings. The Morgan fingerprint density at radius 3 is 2.80 bits per heavy atom. The number of carboxylic acids is 1. The van der Waals surface area contributed by atoms with Crippen molar-refractivity contribution in [2.75, 3.05) is 11.9 Å². The first-order valence-electron chi connectivity index (χ1n) is 4.92. The lowest BCUT2D eigenvalue weighted by Gasteiger charge is -2.07. The third-order valence-corrected chi connectivity index (χ3v) is 2.37. The van der Waals surface area contributed by atoms with Crippen molar-refractivity contribution in [1.29, 1.82) is 0 Å². The fourth-order valence-electron chi connectivity index (χ4n) is 1.19. The zero-order valence-corrected chi connectivity index (χ0v) is 9.34. The van der Waals surface area contributed by atoms with Crippen molar-refractivity contribution in [3.63, 3.8) is 0 Å². The number of nitrogens with one attached hydrogen (secondary N) is 1. The summed E-state index contributed by atoms with van der Waals surface area (Å²) < 4.78 is 0. The number of benzene rings is 1. The van der Waals surface area contributed by atoms with E-state index in [-0.39, 0.29) is 5.56 Å². The second-order valence-corrected chi connectivity index (χ2v) is 3.69. The Morgan fingerprint density at radius 2 is 2.27 bits per heavy atom. The fourth-order valence-corrected chi connectivity index (χ4v) is 1.44. The van der Waals surface area contributed by atoms with Crippen LogP contribution in [0.25, 0.3) is 0 Å². The van der Waals surface area contributed by atoms with Gasteiger partial charge in [0.2, 0.25) is 0 Å². The number of anilines is 1. The van der Waals surface area contributed by atoms with Crippen LogP contribution in [-0.2, 0) is 0 Å². The highest BCUT2D eigenvalue weighted by Crippen LogP contribution is 2.22. The predicted molar refractivity (Wildman–Crippen MR) is 61.8 cm³/mol. The van der Waals surface area contributed by atoms with Gasteiger partial charge in [-0.05, 0) is 24.6 Å². The minimum absolute atomic E-state index is 0.209. The third-order valence-electron chi connectivity index (χ3n) is 2.06. The van der Waals surface area contributed by atoms with Crippen molar-refractivity contribution >= 4 is 23.3 Å². The molecule has 2 N–H and O–H groups in total. The summed E-state index contributed by atoms with van der Waals surface area (Å²) in [6, 6.07) is 4.70. The molecule has 0 fully saturated rings. The standard InChI is InChI=1S/C11H14ClNO2/c1-2-3-6-13-10-5-4-8(11(14)15)7-9(10)12/h4-5,7,13H,2-3,6H2,1H3,(H,14,15). The molecule has 0 bridgehead atoms. The van der Waals surface area contributed by atoms with Crippen molar-refractivity contribution in [2.24, 2.45) is 0 Å². The third kappa shape index (κ3) is 3.44. The predicted octanol–water partition coefficient (Wildman–Crippen LogP) is 3.25. The second-order valence-electron chi connectivity index (χ2n) is 3.28. The number of halogens is 1. The fraction of sp³-hybridized carbons (Fsp3) is 0.364. The summed E-state index contributed by atoms with van der Waals surface area (Å²) in [5.41, 5.74) is 0.996. The molecule has 15 heavy (non-hydrogen) atoms. The Balaban J connectivity index is 2.70. The summed E-state index contributed by atoms with van der Waals surface area (Å²) in [4.78, 5) is 10.6. The van der Waals surface area contributed by atoms with E-state index in [0.29, 0.717) is 5.02 Å². The van der Waals surface area contributed by atoms with Crippen molar-refractivity contribution in [3.05, 3.63) is 28.8 Å². The van der Waals surface area contributed by atoms with Gasteiger partial charge in [0.15, 0.2) is 0 Å². The Bertz CT molecular complexity index is 352. The zero-order chi connectivity index (χ0) is 11.3. The molecule has 82 valence electrons. The number of unbranched alkanes of at least 4 members (excludes halogenated alkanes) is 1. The van der Waals surface area contributed by atoms with Gasteiger partial charge in [0.05, 0.1) is 16.3 Å². The van der Waals surface area contributed by atoms with Crippen LogP contribution >= 0.6 is 11.6 Å². The monoisotopic (exact) mass is 227 g/mol. The first-order valence-corrected chi connectivity index (χ1v) is 5.29. The topological polar surface area (TPSA) is 49.3 Å². The molecule has 0 aromatic heterocycles. The molecule has 0 heterocycles. The van der Waals surface area contributed by atoms with Crippen LogP contribution < -0.4 is 5.32 Å². The summed E-state index contributed by atoms with van der Waals surface area (Å²) in [6.07, 6.45) is 2.18. The van der Waals surface area contributed by atoms with Gasteiger partial charge in [-0.2, -0.15) is 0 Å². The van der Waals surface area contributed by atoms with Gasteiger partial charge in [0, 0.05) is 6.54 Å². The average molecular weight is 228 g/mol. The molecule has 1 aromatic rings. The highest BCUT2D eigenvalue weighted by Gasteiger charge is 2.06. The molecule has 0 aliphatic carbocycles. The Morgan fingerprint density at radius 1 is 1.53 bits per heavy atom. The Hall–Kier alpha value is -1.22. The second kappa shape index (κ2) is 5.61. The molecule has 1 aromatic carbocycles. The van der Waals surface area contributed by atoms with Crippen LogP contribution in [0.15, 0.2) is 18.2 Å². The van der Waals surface area contributed by atoms with Crippen LogP contribution in [0, 0.1) is 0 Å². The number of hydrogen-bond acceptors (Lipinski definition) is 2. The summed E-state index contributed by atoms with van der Waals surface area (Å²) >= 11 is 5.93. The van der Waals surface area contributed by atoms with E-state index in [1.54, 1.807) is 12.1 Å². The molecule has 0 aliphatic heterocycles. The van der Waals surface area contributed by atoms with E-state index in [9.17, 15) is 4.79 Å². The molecule has 0 spiro atoms. The lowest BCUT2D eigenvalue weighted by molar-refractivity contribution is 0.0697. The number of aromatic carboxylic acids is 1. The Kier molecular flexibility index (Phi) is 4.43. The largest absolute Gasteiger partial charge is 0.478 e. The van der Waals surface area contributed by atoms with Crippen molar-refractivity contribution in [2.45, 2.75) is 19.8 Å². The number of carbonyl (C=O) groups is 1. The summed E-state index contributed by atoms with van der Waals surface area (Å²) in [6.45, 7) is 2.96. The number of rotatable bonds is 5. The van der Waals surface area contributed by atoms with Crippen LogP contribution in [-0.4, -0.2) is 17.6 Å². The summed E-state index contributed by atoms with van der Waals surface area (Å²) in [5.74, 6) is -0.961. The van der Waals surface area contributed by atoms with Crippen LogP contribution in [0.4, 0.5) is 5.69 Å². The Labute approximate surface area is 94.1 Å². The van der Waals surface area contributed by atoms with Crippen molar-refractivity contribution in [1.82, 2.24) is 0 Å². The minimum atomic E-state index is -0.961. The van der Waals surface area contributed by atoms with Crippen molar-refractivity contribution < 1.29 is 9.90 Å². The van der Waals surface area contributed by atoms with Crippen LogP contribution in [0.5, 0.6) is 0 Å². The van der Waals surface area contributed by atoms with E-state index in [2.05, 4.69) is 12.2 Å². The van der Waals surface area contributed by atoms with E-state index < -0.39 is 5.97 Å². The van der Waals surface area contributed by atoms with E-state index in [1.165, 1.54) is 6.07 Å². The number of carboxylic acid groups (broad SMARTS) is 1. The van der Waals surface area contributed by atoms with Gasteiger partial charge in [0.25, 0.3) is 0 Å².